The van der Waals surface area contributed by atoms with Crippen LogP contribution in [-0.2, 0) is 6.54 Å². The zero-order valence-electron chi connectivity index (χ0n) is 17.2. The number of rotatable bonds is 5. The first-order chi connectivity index (χ1) is 14.9. The second-order valence-electron chi connectivity index (χ2n) is 7.31. The molecule has 5 nitrogen and oxygen atoms in total. The van der Waals surface area contributed by atoms with Crippen LogP contribution >= 0.6 is 0 Å². The van der Waals surface area contributed by atoms with E-state index in [1.165, 1.54) is 29.2 Å². The first kappa shape index (κ1) is 20.3. The van der Waals surface area contributed by atoms with E-state index in [-0.39, 0.29) is 18.0 Å². The van der Waals surface area contributed by atoms with E-state index in [4.69, 9.17) is 4.74 Å². The largest absolute Gasteiger partial charge is 0.497 e. The summed E-state index contributed by atoms with van der Waals surface area (Å²) in [6, 6.07) is 20.0. The van der Waals surface area contributed by atoms with Crippen molar-refractivity contribution in [1.29, 1.82) is 0 Å². The molecular formula is C25H21FN2O3. The predicted octanol–water partition coefficient (Wildman–Crippen LogP) is 4.83. The van der Waals surface area contributed by atoms with E-state index in [9.17, 15) is 14.0 Å². The molecule has 1 aromatic heterocycles. The normalized spacial score (nSPS) is 10.8. The summed E-state index contributed by atoms with van der Waals surface area (Å²) in [7, 11) is 1.54. The van der Waals surface area contributed by atoms with E-state index < -0.39 is 5.82 Å². The maximum Gasteiger partial charge on any atom is 0.258 e. The Morgan fingerprint density at radius 3 is 2.55 bits per heavy atom. The molecule has 4 aromatic rings. The van der Waals surface area contributed by atoms with Gasteiger partial charge in [0.15, 0.2) is 0 Å². The highest BCUT2D eigenvalue weighted by molar-refractivity contribution is 6.06. The SMILES string of the molecule is COc1cccc(N(Cc2cc3ccc(C)cc3[nH]c2=O)C(=O)c2ccc(F)cc2)c1. The van der Waals surface area contributed by atoms with Gasteiger partial charge in [0.1, 0.15) is 11.6 Å². The Bertz CT molecular complexity index is 1310. The fourth-order valence-electron chi connectivity index (χ4n) is 3.45. The highest BCUT2D eigenvalue weighted by atomic mass is 19.1. The summed E-state index contributed by atoms with van der Waals surface area (Å²) >= 11 is 0. The molecule has 0 atom stereocenters. The average molecular weight is 416 g/mol. The van der Waals surface area contributed by atoms with E-state index in [0.717, 1.165) is 16.5 Å². The number of aryl methyl sites for hydroxylation is 1. The molecule has 1 N–H and O–H groups in total. The van der Waals surface area contributed by atoms with Crippen LogP contribution in [0, 0.1) is 12.7 Å². The number of fused-ring (bicyclic) bond motifs is 1. The summed E-state index contributed by atoms with van der Waals surface area (Å²) in [5, 5.41) is 0.875. The number of anilines is 1. The van der Waals surface area contributed by atoms with E-state index in [1.54, 1.807) is 37.4 Å². The molecular weight excluding hydrogens is 395 g/mol. The zero-order chi connectivity index (χ0) is 22.0. The molecule has 1 amide bonds. The molecule has 6 heteroatoms. The van der Waals surface area contributed by atoms with E-state index in [1.807, 2.05) is 25.1 Å². The van der Waals surface area contributed by atoms with Gasteiger partial charge in [0.2, 0.25) is 0 Å². The predicted molar refractivity (Wildman–Crippen MR) is 119 cm³/mol. The zero-order valence-corrected chi connectivity index (χ0v) is 17.2. The van der Waals surface area contributed by atoms with Crippen LogP contribution in [0.1, 0.15) is 21.5 Å². The lowest BCUT2D eigenvalue weighted by Gasteiger charge is -2.23. The molecule has 0 aliphatic heterocycles. The van der Waals surface area contributed by atoms with Crippen LogP contribution in [0.2, 0.25) is 0 Å². The third-order valence-corrected chi connectivity index (χ3v) is 5.11. The van der Waals surface area contributed by atoms with Crippen molar-refractivity contribution in [2.24, 2.45) is 0 Å². The maximum atomic E-state index is 13.4. The topological polar surface area (TPSA) is 62.4 Å². The lowest BCUT2D eigenvalue weighted by Crippen LogP contribution is -2.33. The number of halogens is 1. The maximum absolute atomic E-state index is 13.4. The minimum Gasteiger partial charge on any atom is -0.497 e. The number of H-pyrrole nitrogens is 1. The van der Waals surface area contributed by atoms with Gasteiger partial charge in [-0.2, -0.15) is 0 Å². The molecule has 0 bridgehead atoms. The third kappa shape index (κ3) is 4.33. The van der Waals surface area contributed by atoms with Crippen LogP contribution < -0.4 is 15.2 Å². The first-order valence-electron chi connectivity index (χ1n) is 9.78. The van der Waals surface area contributed by atoms with E-state index in [0.29, 0.717) is 22.6 Å². The molecule has 0 saturated heterocycles. The fourth-order valence-corrected chi connectivity index (χ4v) is 3.45. The van der Waals surface area contributed by atoms with Gasteiger partial charge in [-0.15, -0.1) is 0 Å². The summed E-state index contributed by atoms with van der Waals surface area (Å²) < 4.78 is 18.7. The van der Waals surface area contributed by atoms with Gasteiger partial charge in [-0.05, 0) is 66.4 Å². The average Bonchev–Trinajstić information content (AvgIpc) is 2.77. The monoisotopic (exact) mass is 416 g/mol. The lowest BCUT2D eigenvalue weighted by atomic mass is 10.1. The first-order valence-corrected chi connectivity index (χ1v) is 9.78. The Hall–Kier alpha value is -3.93. The molecule has 156 valence electrons. The van der Waals surface area contributed by atoms with Crippen molar-refractivity contribution in [1.82, 2.24) is 4.98 Å². The third-order valence-electron chi connectivity index (χ3n) is 5.11. The Balaban J connectivity index is 1.79. The van der Waals surface area contributed by atoms with Gasteiger partial charge in [-0.25, -0.2) is 4.39 Å². The lowest BCUT2D eigenvalue weighted by molar-refractivity contribution is 0.0985. The number of aromatic amines is 1. The molecule has 0 aliphatic rings. The standard InChI is InChI=1S/C25H21FN2O3/c1-16-6-7-18-13-19(24(29)27-23(18)12-16)15-28(21-4-3-5-22(14-21)31-2)25(30)17-8-10-20(26)11-9-17/h3-14H,15H2,1-2H3,(H,27,29). The van der Waals surface area contributed by atoms with Gasteiger partial charge in [0.25, 0.3) is 11.5 Å². The van der Waals surface area contributed by atoms with Crippen LogP contribution in [0.3, 0.4) is 0 Å². The molecule has 0 fully saturated rings. The highest BCUT2D eigenvalue weighted by Crippen LogP contribution is 2.25. The molecule has 0 aliphatic carbocycles. The number of hydrogen-bond donors (Lipinski definition) is 1. The molecule has 31 heavy (non-hydrogen) atoms. The van der Waals surface area contributed by atoms with Crippen molar-refractivity contribution >= 4 is 22.5 Å². The number of nitrogens with zero attached hydrogens (tertiary/aromatic N) is 1. The Morgan fingerprint density at radius 2 is 1.81 bits per heavy atom. The van der Waals surface area contributed by atoms with Crippen molar-refractivity contribution in [3.05, 3.63) is 106 Å². The van der Waals surface area contributed by atoms with Crippen LogP contribution in [0.25, 0.3) is 10.9 Å². The number of hydrogen-bond acceptors (Lipinski definition) is 3. The quantitative estimate of drug-likeness (QED) is 0.507. The number of carbonyl (C=O) groups excluding carboxylic acids is 1. The smallest absolute Gasteiger partial charge is 0.258 e. The number of aromatic nitrogens is 1. The summed E-state index contributed by atoms with van der Waals surface area (Å²) in [6.45, 7) is 2.00. The number of pyridine rings is 1. The van der Waals surface area contributed by atoms with Crippen LogP contribution in [0.5, 0.6) is 5.75 Å². The number of nitrogens with one attached hydrogen (secondary N) is 1. The van der Waals surface area contributed by atoms with E-state index >= 15 is 0 Å². The second-order valence-corrected chi connectivity index (χ2v) is 7.31. The van der Waals surface area contributed by atoms with Crippen molar-refractivity contribution in [2.75, 3.05) is 12.0 Å². The van der Waals surface area contributed by atoms with Gasteiger partial charge in [0.05, 0.1) is 13.7 Å². The van der Waals surface area contributed by atoms with Gasteiger partial charge in [0, 0.05) is 28.4 Å². The van der Waals surface area contributed by atoms with Crippen molar-refractivity contribution in [3.63, 3.8) is 0 Å². The number of benzene rings is 3. The summed E-state index contributed by atoms with van der Waals surface area (Å²) in [5.41, 5.74) is 2.84. The molecule has 0 unspecified atom stereocenters. The van der Waals surface area contributed by atoms with E-state index in [2.05, 4.69) is 4.98 Å². The summed E-state index contributed by atoms with van der Waals surface area (Å²) in [5.74, 6) is -0.195. The minimum absolute atomic E-state index is 0.0442. The van der Waals surface area contributed by atoms with Gasteiger partial charge < -0.3 is 14.6 Å². The second kappa shape index (κ2) is 8.44. The van der Waals surface area contributed by atoms with Gasteiger partial charge in [-0.3, -0.25) is 9.59 Å². The Kier molecular flexibility index (Phi) is 5.54. The molecule has 1 heterocycles. The van der Waals surface area contributed by atoms with Crippen LogP contribution in [-0.4, -0.2) is 18.0 Å². The highest BCUT2D eigenvalue weighted by Gasteiger charge is 2.20. The number of carbonyl (C=O) groups is 1. The molecule has 0 saturated carbocycles. The van der Waals surface area contributed by atoms with Crippen LogP contribution in [0.15, 0.2) is 77.6 Å². The number of amides is 1. The van der Waals surface area contributed by atoms with Crippen molar-refractivity contribution in [2.45, 2.75) is 13.5 Å². The Morgan fingerprint density at radius 1 is 1.03 bits per heavy atom. The van der Waals surface area contributed by atoms with Crippen molar-refractivity contribution < 1.29 is 13.9 Å². The summed E-state index contributed by atoms with van der Waals surface area (Å²) in [4.78, 5) is 30.5. The molecule has 0 spiro atoms. The van der Waals surface area contributed by atoms with Crippen LogP contribution in [0.4, 0.5) is 10.1 Å². The van der Waals surface area contributed by atoms with Gasteiger partial charge >= 0.3 is 0 Å². The van der Waals surface area contributed by atoms with Gasteiger partial charge in [-0.1, -0.05) is 18.2 Å². The Labute approximate surface area is 178 Å². The molecule has 0 radical (unpaired) electrons. The minimum atomic E-state index is -0.425. The summed E-state index contributed by atoms with van der Waals surface area (Å²) in [6.07, 6.45) is 0. The molecule has 3 aromatic carbocycles. The number of ether oxygens (including phenoxy) is 1. The number of methoxy groups -OCH3 is 1. The molecule has 4 rings (SSSR count). The van der Waals surface area contributed by atoms with Crippen molar-refractivity contribution in [3.8, 4) is 5.75 Å². The fraction of sp³-hybridized carbons (Fsp3) is 0.120.